The molecule has 0 aromatic carbocycles. The Hall–Kier alpha value is -1.81. The molecule has 0 aliphatic heterocycles. The van der Waals surface area contributed by atoms with Gasteiger partial charge in [-0.15, -0.1) is 0 Å². The lowest BCUT2D eigenvalue weighted by Crippen LogP contribution is -2.50. The van der Waals surface area contributed by atoms with Gasteiger partial charge < -0.3 is 20.4 Å². The van der Waals surface area contributed by atoms with Crippen LogP contribution in [0.3, 0.4) is 0 Å². The van der Waals surface area contributed by atoms with E-state index in [1.54, 1.807) is 0 Å². The third-order valence-corrected chi connectivity index (χ3v) is 2.14. The van der Waals surface area contributed by atoms with Crippen molar-refractivity contribution in [1.82, 2.24) is 10.2 Å². The molecule has 18 heavy (non-hydrogen) atoms. The molecule has 0 spiro atoms. The van der Waals surface area contributed by atoms with E-state index in [2.05, 4.69) is 5.32 Å². The molecule has 0 rings (SSSR count). The minimum absolute atomic E-state index is 0.178. The van der Waals surface area contributed by atoms with Crippen LogP contribution in [0.15, 0.2) is 0 Å². The summed E-state index contributed by atoms with van der Waals surface area (Å²) in [4.78, 5) is 23.8. The molecule has 0 fully saturated rings. The number of hydrogen-bond donors (Lipinski definition) is 3. The fraction of sp³-hybridized carbons (Fsp3) is 0.727. The molecular weight excluding hydrogens is 238 g/mol. The third-order valence-electron chi connectivity index (χ3n) is 2.14. The number of carbonyl (C=O) groups is 2. The highest BCUT2D eigenvalue weighted by Gasteiger charge is 2.22. The zero-order chi connectivity index (χ0) is 14.1. The Morgan fingerprint density at radius 3 is 2.44 bits per heavy atom. The number of rotatable bonds is 7. The van der Waals surface area contributed by atoms with E-state index in [0.29, 0.717) is 6.54 Å². The van der Waals surface area contributed by atoms with E-state index in [0.717, 1.165) is 0 Å². The van der Waals surface area contributed by atoms with Crippen molar-refractivity contribution in [2.24, 2.45) is 5.92 Å². The van der Waals surface area contributed by atoms with Gasteiger partial charge in [0, 0.05) is 13.1 Å². The Balaban J connectivity index is 4.53. The zero-order valence-corrected chi connectivity index (χ0v) is 10.6. The summed E-state index contributed by atoms with van der Waals surface area (Å²) in [5, 5.41) is 28.2. The number of nitriles is 1. The summed E-state index contributed by atoms with van der Waals surface area (Å²) >= 11 is 0. The summed E-state index contributed by atoms with van der Waals surface area (Å²) in [6.07, 6.45) is 0.178. The van der Waals surface area contributed by atoms with Crippen LogP contribution >= 0.6 is 0 Å². The third kappa shape index (κ3) is 6.06. The summed E-state index contributed by atoms with van der Waals surface area (Å²) in [6.45, 7) is 3.80. The Bertz CT molecular complexity index is 325. The van der Waals surface area contributed by atoms with Crippen LogP contribution in [-0.2, 0) is 4.79 Å². The second kappa shape index (κ2) is 8.31. The second-order valence-electron chi connectivity index (χ2n) is 4.27. The van der Waals surface area contributed by atoms with E-state index < -0.39 is 24.6 Å². The number of amides is 2. The standard InChI is InChI=1S/C11H19N3O4/c1-8(2)6-14(5-3-4-12)11(18)13-9(7-15)10(16)17/h8-9,15H,3,5-7H2,1-2H3,(H,13,18)(H,16,17)/t9-/m1/s1. The molecule has 7 nitrogen and oxygen atoms in total. The average molecular weight is 257 g/mol. The summed E-state index contributed by atoms with van der Waals surface area (Å²) in [6, 6.07) is 0.0213. The zero-order valence-electron chi connectivity index (χ0n) is 10.6. The van der Waals surface area contributed by atoms with Crippen LogP contribution in [0.4, 0.5) is 4.79 Å². The van der Waals surface area contributed by atoms with Crippen LogP contribution in [0, 0.1) is 17.2 Å². The molecular formula is C11H19N3O4. The molecule has 0 bridgehead atoms. The number of aliphatic hydroxyl groups is 1. The first-order chi connectivity index (χ1) is 8.42. The van der Waals surface area contributed by atoms with Gasteiger partial charge in [-0.1, -0.05) is 13.8 Å². The van der Waals surface area contributed by atoms with Crippen molar-refractivity contribution < 1.29 is 19.8 Å². The maximum absolute atomic E-state index is 11.8. The molecule has 0 heterocycles. The Labute approximate surface area is 106 Å². The fourth-order valence-corrected chi connectivity index (χ4v) is 1.33. The smallest absolute Gasteiger partial charge is 0.328 e. The number of nitrogens with zero attached hydrogens (tertiary/aromatic N) is 2. The van der Waals surface area contributed by atoms with Crippen LogP contribution in [0.25, 0.3) is 0 Å². The largest absolute Gasteiger partial charge is 0.480 e. The van der Waals surface area contributed by atoms with Crippen molar-refractivity contribution in [3.05, 3.63) is 0 Å². The highest BCUT2D eigenvalue weighted by molar-refractivity contribution is 5.82. The lowest BCUT2D eigenvalue weighted by atomic mass is 10.2. The van der Waals surface area contributed by atoms with E-state index in [4.69, 9.17) is 15.5 Å². The number of aliphatic carboxylic acids is 1. The van der Waals surface area contributed by atoms with E-state index in [1.807, 2.05) is 19.9 Å². The summed E-state index contributed by atoms with van der Waals surface area (Å²) in [7, 11) is 0. The minimum Gasteiger partial charge on any atom is -0.480 e. The summed E-state index contributed by atoms with van der Waals surface area (Å²) < 4.78 is 0. The van der Waals surface area contributed by atoms with Gasteiger partial charge in [0.25, 0.3) is 0 Å². The topological polar surface area (TPSA) is 114 Å². The van der Waals surface area contributed by atoms with Crippen molar-refractivity contribution in [3.8, 4) is 6.07 Å². The van der Waals surface area contributed by atoms with Crippen LogP contribution in [0.5, 0.6) is 0 Å². The molecule has 0 unspecified atom stereocenters. The molecule has 0 aromatic rings. The Morgan fingerprint density at radius 1 is 1.44 bits per heavy atom. The minimum atomic E-state index is -1.32. The quantitative estimate of drug-likeness (QED) is 0.594. The highest BCUT2D eigenvalue weighted by Crippen LogP contribution is 2.01. The second-order valence-corrected chi connectivity index (χ2v) is 4.27. The van der Waals surface area contributed by atoms with Gasteiger partial charge in [-0.2, -0.15) is 5.26 Å². The Morgan fingerprint density at radius 2 is 2.06 bits per heavy atom. The lowest BCUT2D eigenvalue weighted by Gasteiger charge is -2.25. The van der Waals surface area contributed by atoms with Crippen LogP contribution < -0.4 is 5.32 Å². The molecule has 0 saturated carbocycles. The van der Waals surface area contributed by atoms with E-state index in [9.17, 15) is 9.59 Å². The number of aliphatic hydroxyl groups excluding tert-OH is 1. The van der Waals surface area contributed by atoms with Gasteiger partial charge in [0.05, 0.1) is 19.1 Å². The van der Waals surface area contributed by atoms with Gasteiger partial charge in [-0.25, -0.2) is 9.59 Å². The summed E-state index contributed by atoms with van der Waals surface area (Å²) in [5.74, 6) is -1.09. The molecule has 0 radical (unpaired) electrons. The fourth-order valence-electron chi connectivity index (χ4n) is 1.33. The number of nitrogens with one attached hydrogen (secondary N) is 1. The van der Waals surface area contributed by atoms with Gasteiger partial charge in [0.15, 0.2) is 6.04 Å². The van der Waals surface area contributed by atoms with Gasteiger partial charge in [-0.3, -0.25) is 0 Å². The van der Waals surface area contributed by atoms with Gasteiger partial charge >= 0.3 is 12.0 Å². The maximum atomic E-state index is 11.8. The van der Waals surface area contributed by atoms with E-state index in [-0.39, 0.29) is 18.9 Å². The first-order valence-electron chi connectivity index (χ1n) is 5.68. The molecule has 0 aliphatic carbocycles. The molecule has 2 amide bonds. The highest BCUT2D eigenvalue weighted by atomic mass is 16.4. The normalized spacial score (nSPS) is 11.7. The van der Waals surface area contributed by atoms with Crippen molar-refractivity contribution in [1.29, 1.82) is 5.26 Å². The van der Waals surface area contributed by atoms with E-state index in [1.165, 1.54) is 4.90 Å². The predicted octanol–water partition coefficient (Wildman–Crippen LogP) is 0.0132. The first-order valence-corrected chi connectivity index (χ1v) is 5.68. The molecule has 0 aliphatic rings. The van der Waals surface area contributed by atoms with Crippen molar-refractivity contribution >= 4 is 12.0 Å². The van der Waals surface area contributed by atoms with Crippen LogP contribution in [0.2, 0.25) is 0 Å². The van der Waals surface area contributed by atoms with Gasteiger partial charge in [0.1, 0.15) is 0 Å². The van der Waals surface area contributed by atoms with E-state index >= 15 is 0 Å². The van der Waals surface area contributed by atoms with Gasteiger partial charge in [-0.05, 0) is 5.92 Å². The van der Waals surface area contributed by atoms with Crippen molar-refractivity contribution in [2.75, 3.05) is 19.7 Å². The molecule has 0 aromatic heterocycles. The maximum Gasteiger partial charge on any atom is 0.328 e. The molecule has 102 valence electrons. The number of hydrogen-bond acceptors (Lipinski definition) is 4. The monoisotopic (exact) mass is 257 g/mol. The Kier molecular flexibility index (Phi) is 7.47. The number of urea groups is 1. The molecule has 7 heteroatoms. The molecule has 0 saturated heterocycles. The van der Waals surface area contributed by atoms with Crippen LogP contribution in [0.1, 0.15) is 20.3 Å². The number of carboxylic acids is 1. The lowest BCUT2D eigenvalue weighted by molar-refractivity contribution is -0.140. The SMILES string of the molecule is CC(C)CN(CCC#N)C(=O)N[C@H](CO)C(=O)O. The van der Waals surface area contributed by atoms with Crippen molar-refractivity contribution in [2.45, 2.75) is 26.3 Å². The van der Waals surface area contributed by atoms with Gasteiger partial charge in [0.2, 0.25) is 0 Å². The number of carboxylic acid groups (broad SMARTS) is 1. The van der Waals surface area contributed by atoms with Crippen molar-refractivity contribution in [3.63, 3.8) is 0 Å². The first kappa shape index (κ1) is 16.2. The average Bonchev–Trinajstić information content (AvgIpc) is 2.30. The summed E-state index contributed by atoms with van der Waals surface area (Å²) in [5.41, 5.74) is 0. The van der Waals surface area contributed by atoms with Crippen LogP contribution in [-0.4, -0.2) is 52.9 Å². The predicted molar refractivity (Wildman–Crippen MR) is 63.7 cm³/mol. The molecule has 1 atom stereocenters. The number of carbonyl (C=O) groups excluding carboxylic acids is 1. The molecule has 3 N–H and O–H groups in total.